The van der Waals surface area contributed by atoms with E-state index in [0.717, 1.165) is 5.56 Å². The fourth-order valence-corrected chi connectivity index (χ4v) is 3.04. The molecule has 0 aromatic heterocycles. The van der Waals surface area contributed by atoms with Crippen LogP contribution in [0.1, 0.15) is 11.1 Å². The number of halogens is 1. The Morgan fingerprint density at radius 2 is 1.84 bits per heavy atom. The van der Waals surface area contributed by atoms with Crippen LogP contribution in [0.4, 0.5) is 4.39 Å². The van der Waals surface area contributed by atoms with Gasteiger partial charge in [0.05, 0.1) is 4.90 Å². The maximum absolute atomic E-state index is 13.0. The molecular formula is C18H19FN2O3S. The minimum atomic E-state index is -3.60. The van der Waals surface area contributed by atoms with Crippen molar-refractivity contribution in [2.75, 3.05) is 13.1 Å². The van der Waals surface area contributed by atoms with Crippen LogP contribution < -0.4 is 10.0 Å². The smallest absolute Gasteiger partial charge is 0.244 e. The summed E-state index contributed by atoms with van der Waals surface area (Å²) in [5.74, 6) is -0.771. The molecule has 0 aliphatic rings. The SMILES string of the molecule is Cc1ccc(S(=O)(=O)NCCNC(=O)C=Cc2cccc(F)c2)cc1. The molecule has 0 bridgehead atoms. The van der Waals surface area contributed by atoms with E-state index in [1.807, 2.05) is 6.92 Å². The summed E-state index contributed by atoms with van der Waals surface area (Å²) in [5, 5.41) is 2.55. The molecule has 0 heterocycles. The summed E-state index contributed by atoms with van der Waals surface area (Å²) < 4.78 is 39.5. The van der Waals surface area contributed by atoms with E-state index in [-0.39, 0.29) is 23.8 Å². The zero-order valence-corrected chi connectivity index (χ0v) is 14.5. The van der Waals surface area contributed by atoms with Crippen molar-refractivity contribution in [3.05, 3.63) is 71.6 Å². The van der Waals surface area contributed by atoms with E-state index in [0.29, 0.717) is 5.56 Å². The predicted molar refractivity (Wildman–Crippen MR) is 94.8 cm³/mol. The molecule has 0 saturated heterocycles. The van der Waals surface area contributed by atoms with Gasteiger partial charge in [-0.25, -0.2) is 17.5 Å². The van der Waals surface area contributed by atoms with Crippen molar-refractivity contribution >= 4 is 22.0 Å². The first kappa shape index (κ1) is 18.8. The van der Waals surface area contributed by atoms with Crippen LogP contribution in [0.25, 0.3) is 6.08 Å². The van der Waals surface area contributed by atoms with Crippen LogP contribution in [0.3, 0.4) is 0 Å². The van der Waals surface area contributed by atoms with Gasteiger partial charge in [0.1, 0.15) is 5.82 Å². The largest absolute Gasteiger partial charge is 0.351 e. The Kier molecular flexibility index (Phi) is 6.44. The molecular weight excluding hydrogens is 343 g/mol. The standard InChI is InChI=1S/C18H19FN2O3S/c1-14-5-8-17(9-6-14)25(23,24)21-12-11-20-18(22)10-7-15-3-2-4-16(19)13-15/h2-10,13,21H,11-12H2,1H3,(H,20,22). The van der Waals surface area contributed by atoms with E-state index in [1.54, 1.807) is 24.3 Å². The highest BCUT2D eigenvalue weighted by atomic mass is 32.2. The summed E-state index contributed by atoms with van der Waals surface area (Å²) in [7, 11) is -3.60. The second-order valence-electron chi connectivity index (χ2n) is 5.39. The van der Waals surface area contributed by atoms with Crippen LogP contribution in [0.5, 0.6) is 0 Å². The number of sulfonamides is 1. The topological polar surface area (TPSA) is 75.3 Å². The van der Waals surface area contributed by atoms with E-state index in [9.17, 15) is 17.6 Å². The van der Waals surface area contributed by atoms with Gasteiger partial charge < -0.3 is 5.32 Å². The number of rotatable bonds is 7. The van der Waals surface area contributed by atoms with E-state index in [4.69, 9.17) is 0 Å². The fraction of sp³-hybridized carbons (Fsp3) is 0.167. The van der Waals surface area contributed by atoms with Gasteiger partial charge in [0.25, 0.3) is 0 Å². The lowest BCUT2D eigenvalue weighted by molar-refractivity contribution is -0.116. The van der Waals surface area contributed by atoms with Crippen LogP contribution in [-0.4, -0.2) is 27.4 Å². The van der Waals surface area contributed by atoms with Crippen molar-refractivity contribution in [2.24, 2.45) is 0 Å². The van der Waals surface area contributed by atoms with Crippen molar-refractivity contribution in [3.8, 4) is 0 Å². The van der Waals surface area contributed by atoms with Gasteiger partial charge >= 0.3 is 0 Å². The molecule has 2 aromatic rings. The summed E-state index contributed by atoms with van der Waals surface area (Å²) in [6.45, 7) is 2.07. The maximum Gasteiger partial charge on any atom is 0.244 e. The van der Waals surface area contributed by atoms with Crippen LogP contribution in [0.15, 0.2) is 59.5 Å². The molecule has 0 radical (unpaired) electrons. The lowest BCUT2D eigenvalue weighted by Gasteiger charge is -2.07. The van der Waals surface area contributed by atoms with Gasteiger partial charge in [-0.1, -0.05) is 29.8 Å². The molecule has 25 heavy (non-hydrogen) atoms. The molecule has 2 rings (SSSR count). The van der Waals surface area contributed by atoms with Gasteiger partial charge in [-0.15, -0.1) is 0 Å². The number of amides is 1. The van der Waals surface area contributed by atoms with E-state index >= 15 is 0 Å². The molecule has 0 unspecified atom stereocenters. The number of nitrogens with one attached hydrogen (secondary N) is 2. The quantitative estimate of drug-likeness (QED) is 0.586. The fourth-order valence-electron chi connectivity index (χ4n) is 2.01. The van der Waals surface area contributed by atoms with Crippen LogP contribution in [0.2, 0.25) is 0 Å². The second-order valence-corrected chi connectivity index (χ2v) is 7.16. The summed E-state index contributed by atoms with van der Waals surface area (Å²) in [4.78, 5) is 11.8. The first-order valence-electron chi connectivity index (χ1n) is 7.65. The third kappa shape index (κ3) is 6.13. The predicted octanol–water partition coefficient (Wildman–Crippen LogP) is 2.24. The lowest BCUT2D eigenvalue weighted by Crippen LogP contribution is -2.34. The zero-order chi connectivity index (χ0) is 18.3. The summed E-state index contributed by atoms with van der Waals surface area (Å²) in [6, 6.07) is 12.3. The Morgan fingerprint density at radius 3 is 2.52 bits per heavy atom. The maximum atomic E-state index is 13.0. The van der Waals surface area contributed by atoms with Gasteiger partial charge in [-0.05, 0) is 42.8 Å². The highest BCUT2D eigenvalue weighted by Crippen LogP contribution is 2.09. The molecule has 0 aliphatic carbocycles. The summed E-state index contributed by atoms with van der Waals surface area (Å²) in [5.41, 5.74) is 1.53. The van der Waals surface area contributed by atoms with Crippen LogP contribution in [0, 0.1) is 12.7 Å². The van der Waals surface area contributed by atoms with Crippen molar-refractivity contribution in [1.29, 1.82) is 0 Å². The Bertz CT molecular complexity index is 862. The minimum absolute atomic E-state index is 0.0652. The first-order chi connectivity index (χ1) is 11.9. The molecule has 0 saturated carbocycles. The molecule has 0 fully saturated rings. The van der Waals surface area contributed by atoms with Crippen LogP contribution in [-0.2, 0) is 14.8 Å². The van der Waals surface area contributed by atoms with Crippen molar-refractivity contribution < 1.29 is 17.6 Å². The average molecular weight is 362 g/mol. The van der Waals surface area contributed by atoms with E-state index < -0.39 is 15.9 Å². The zero-order valence-electron chi connectivity index (χ0n) is 13.7. The van der Waals surface area contributed by atoms with Crippen LogP contribution >= 0.6 is 0 Å². The van der Waals surface area contributed by atoms with E-state index in [2.05, 4.69) is 10.0 Å². The van der Waals surface area contributed by atoms with Crippen molar-refractivity contribution in [2.45, 2.75) is 11.8 Å². The molecule has 7 heteroatoms. The number of hydrogen-bond acceptors (Lipinski definition) is 3. The van der Waals surface area contributed by atoms with Gasteiger partial charge in [0.15, 0.2) is 0 Å². The molecule has 2 aromatic carbocycles. The molecule has 132 valence electrons. The summed E-state index contributed by atoms with van der Waals surface area (Å²) >= 11 is 0. The molecule has 0 atom stereocenters. The molecule has 5 nitrogen and oxygen atoms in total. The minimum Gasteiger partial charge on any atom is -0.351 e. The van der Waals surface area contributed by atoms with Crippen molar-refractivity contribution in [3.63, 3.8) is 0 Å². The Morgan fingerprint density at radius 1 is 1.12 bits per heavy atom. The number of benzene rings is 2. The average Bonchev–Trinajstić information content (AvgIpc) is 2.57. The monoisotopic (exact) mass is 362 g/mol. The van der Waals surface area contributed by atoms with Gasteiger partial charge in [-0.2, -0.15) is 0 Å². The van der Waals surface area contributed by atoms with Crippen molar-refractivity contribution in [1.82, 2.24) is 10.0 Å². The highest BCUT2D eigenvalue weighted by molar-refractivity contribution is 7.89. The molecule has 0 aliphatic heterocycles. The normalized spacial score (nSPS) is 11.6. The molecule has 2 N–H and O–H groups in total. The number of hydrogen-bond donors (Lipinski definition) is 2. The Hall–Kier alpha value is -2.51. The van der Waals surface area contributed by atoms with E-state index in [1.165, 1.54) is 36.4 Å². The Labute approximate surface area is 146 Å². The Balaban J connectivity index is 1.78. The number of carbonyl (C=O) groups excluding carboxylic acids is 1. The third-order valence-electron chi connectivity index (χ3n) is 3.32. The highest BCUT2D eigenvalue weighted by Gasteiger charge is 2.12. The lowest BCUT2D eigenvalue weighted by atomic mass is 10.2. The number of carbonyl (C=O) groups is 1. The third-order valence-corrected chi connectivity index (χ3v) is 4.80. The summed E-state index contributed by atoms with van der Waals surface area (Å²) in [6.07, 6.45) is 2.75. The molecule has 0 spiro atoms. The van der Waals surface area contributed by atoms with Gasteiger partial charge in [-0.3, -0.25) is 4.79 Å². The van der Waals surface area contributed by atoms with Gasteiger partial charge in [0.2, 0.25) is 15.9 Å². The first-order valence-corrected chi connectivity index (χ1v) is 9.13. The molecule has 1 amide bonds. The number of aryl methyl sites for hydroxylation is 1. The van der Waals surface area contributed by atoms with Gasteiger partial charge in [0, 0.05) is 19.2 Å². The second kappa shape index (κ2) is 8.55.